The molecule has 1 aliphatic carbocycles. The van der Waals surface area contributed by atoms with Gasteiger partial charge in [0.2, 0.25) is 0 Å². The normalized spacial score (nSPS) is 17.6. The van der Waals surface area contributed by atoms with Crippen LogP contribution in [0.5, 0.6) is 0 Å². The number of benzene rings is 2. The number of amides is 1. The number of aryl methyl sites for hydroxylation is 2. The number of sulfonamides is 1. The van der Waals surface area contributed by atoms with Crippen LogP contribution in [-0.2, 0) is 16.6 Å². The Hall–Kier alpha value is -3.75. The average Bonchev–Trinajstić information content (AvgIpc) is 2.88. The zero-order valence-corrected chi connectivity index (χ0v) is 22.1. The summed E-state index contributed by atoms with van der Waals surface area (Å²) in [6, 6.07) is 12.9. The molecule has 0 unspecified atom stereocenters. The summed E-state index contributed by atoms with van der Waals surface area (Å²) >= 11 is 0. The van der Waals surface area contributed by atoms with E-state index in [-0.39, 0.29) is 18.0 Å². The van der Waals surface area contributed by atoms with Crippen molar-refractivity contribution in [1.82, 2.24) is 9.80 Å². The summed E-state index contributed by atoms with van der Waals surface area (Å²) in [6.45, 7) is 15.5. The maximum absolute atomic E-state index is 13.1. The van der Waals surface area contributed by atoms with Gasteiger partial charge >= 0.3 is 0 Å². The molecule has 8 heteroatoms. The van der Waals surface area contributed by atoms with Gasteiger partial charge in [-0.3, -0.25) is 19.4 Å². The molecule has 0 spiro atoms. The average molecular weight is 519 g/mol. The van der Waals surface area contributed by atoms with Crippen LogP contribution < -0.4 is 4.72 Å². The first-order valence-electron chi connectivity index (χ1n) is 12.2. The molecule has 7 nitrogen and oxygen atoms in total. The van der Waals surface area contributed by atoms with Crippen molar-refractivity contribution < 1.29 is 14.6 Å². The Bertz CT molecular complexity index is 1400. The van der Waals surface area contributed by atoms with Gasteiger partial charge in [-0.15, -0.1) is 0 Å². The van der Waals surface area contributed by atoms with Crippen molar-refractivity contribution in [3.8, 4) is 0 Å². The molecule has 0 atom stereocenters. The number of hydrogen-bond donors (Lipinski definition) is 1. The van der Waals surface area contributed by atoms with Crippen LogP contribution >= 0.6 is 0 Å². The van der Waals surface area contributed by atoms with Crippen molar-refractivity contribution in [3.05, 3.63) is 113 Å². The summed E-state index contributed by atoms with van der Waals surface area (Å²) in [5, 5.41) is 0. The predicted molar refractivity (Wildman–Crippen MR) is 152 cm³/mol. The van der Waals surface area contributed by atoms with Gasteiger partial charge in [-0.05, 0) is 66.5 Å². The number of aliphatic imine (C=N–C) groups is 1. The Labute approximate surface area is 220 Å². The van der Waals surface area contributed by atoms with Gasteiger partial charge in [-0.1, -0.05) is 43.5 Å². The SMILES string of the molecule is C=CN=C1C(=C)C=CC=C1S(=O)(=O)Nc1ccc(C(=O)N2CCN(Cc3c(C)cccc3C)CC2)cc1.[HH]. The smallest absolute Gasteiger partial charge is 0.264 e. The molecule has 4 rings (SSSR count). The van der Waals surface area contributed by atoms with Gasteiger partial charge in [-0.2, -0.15) is 0 Å². The molecule has 2 aliphatic rings. The van der Waals surface area contributed by atoms with E-state index in [1.165, 1.54) is 29.0 Å². The molecule has 1 heterocycles. The maximum Gasteiger partial charge on any atom is 0.264 e. The number of carbonyl (C=O) groups is 1. The first-order chi connectivity index (χ1) is 17.7. The van der Waals surface area contributed by atoms with Gasteiger partial charge in [0.1, 0.15) is 4.91 Å². The Morgan fingerprint density at radius 2 is 1.73 bits per heavy atom. The van der Waals surface area contributed by atoms with Crippen LogP contribution in [0.15, 0.2) is 95.5 Å². The first-order valence-corrected chi connectivity index (χ1v) is 13.6. The summed E-state index contributed by atoms with van der Waals surface area (Å²) in [7, 11) is -3.91. The van der Waals surface area contributed by atoms with E-state index in [9.17, 15) is 13.2 Å². The second-order valence-electron chi connectivity index (χ2n) is 9.20. The Kier molecular flexibility index (Phi) is 7.90. The number of nitrogens with one attached hydrogen (secondary N) is 1. The minimum Gasteiger partial charge on any atom is -0.336 e. The molecule has 1 fully saturated rings. The lowest BCUT2D eigenvalue weighted by molar-refractivity contribution is 0.0628. The van der Waals surface area contributed by atoms with Crippen LogP contribution in [0.1, 0.15) is 28.5 Å². The maximum atomic E-state index is 13.1. The van der Waals surface area contributed by atoms with Crippen LogP contribution in [0.3, 0.4) is 0 Å². The minimum atomic E-state index is -3.91. The van der Waals surface area contributed by atoms with E-state index in [4.69, 9.17) is 0 Å². The van der Waals surface area contributed by atoms with Crippen molar-refractivity contribution in [2.75, 3.05) is 30.9 Å². The molecule has 0 bridgehead atoms. The highest BCUT2D eigenvalue weighted by atomic mass is 32.2. The number of hydrogen-bond acceptors (Lipinski definition) is 5. The van der Waals surface area contributed by atoms with E-state index in [1.807, 2.05) is 4.90 Å². The number of piperazine rings is 1. The fourth-order valence-corrected chi connectivity index (χ4v) is 5.78. The molecular weight excluding hydrogens is 484 g/mol. The third-order valence-electron chi connectivity index (χ3n) is 6.66. The van der Waals surface area contributed by atoms with Gasteiger partial charge < -0.3 is 4.90 Å². The highest BCUT2D eigenvalue weighted by Gasteiger charge is 2.26. The highest BCUT2D eigenvalue weighted by molar-refractivity contribution is 7.97. The lowest BCUT2D eigenvalue weighted by Crippen LogP contribution is -2.48. The lowest BCUT2D eigenvalue weighted by Gasteiger charge is -2.35. The highest BCUT2D eigenvalue weighted by Crippen LogP contribution is 2.23. The van der Waals surface area contributed by atoms with E-state index in [2.05, 4.69) is 59.8 Å². The van der Waals surface area contributed by atoms with Crippen molar-refractivity contribution in [2.45, 2.75) is 20.4 Å². The van der Waals surface area contributed by atoms with Crippen LogP contribution in [0, 0.1) is 13.8 Å². The predicted octanol–water partition coefficient (Wildman–Crippen LogP) is 4.84. The van der Waals surface area contributed by atoms with Gasteiger partial charge in [-0.25, -0.2) is 8.42 Å². The summed E-state index contributed by atoms with van der Waals surface area (Å²) in [5.74, 6) is -0.0574. The summed E-state index contributed by atoms with van der Waals surface area (Å²) in [4.78, 5) is 21.4. The molecule has 0 aromatic heterocycles. The minimum absolute atomic E-state index is 0. The third kappa shape index (κ3) is 5.98. The van der Waals surface area contributed by atoms with Crippen molar-refractivity contribution in [1.29, 1.82) is 0 Å². The standard InChI is InChI=1S/C29H32N4O3S.H2/c1-5-30-28-23(4)10-7-11-27(28)37(35,36)31-25-14-12-24(13-15-25)29(34)33-18-16-32(17-19-33)20-26-21(2)8-6-9-22(26)3;/h5-15,31H,1,4,16-20H2,2-3H3;1H. The molecule has 1 N–H and O–H groups in total. The van der Waals surface area contributed by atoms with Crippen LogP contribution in [0.4, 0.5) is 5.69 Å². The monoisotopic (exact) mass is 518 g/mol. The second-order valence-corrected chi connectivity index (χ2v) is 10.8. The fraction of sp³-hybridized carbons (Fsp3) is 0.241. The number of rotatable bonds is 7. The van der Waals surface area contributed by atoms with Crippen molar-refractivity contribution >= 4 is 27.3 Å². The van der Waals surface area contributed by atoms with Gasteiger partial charge in [0.15, 0.2) is 0 Å². The molecule has 0 saturated carbocycles. The third-order valence-corrected chi connectivity index (χ3v) is 8.08. The van der Waals surface area contributed by atoms with Gasteiger partial charge in [0.25, 0.3) is 15.9 Å². The molecule has 1 aliphatic heterocycles. The Morgan fingerprint density at radius 3 is 2.35 bits per heavy atom. The van der Waals surface area contributed by atoms with E-state index >= 15 is 0 Å². The molecule has 2 aromatic carbocycles. The largest absolute Gasteiger partial charge is 0.336 e. The first kappa shape index (κ1) is 26.3. The van der Waals surface area contributed by atoms with E-state index in [0.717, 1.165) is 19.6 Å². The topological polar surface area (TPSA) is 82.1 Å². The number of nitrogens with zero attached hydrogens (tertiary/aromatic N) is 3. The molecule has 2 aromatic rings. The van der Waals surface area contributed by atoms with E-state index in [1.54, 1.807) is 36.4 Å². The van der Waals surface area contributed by atoms with Crippen LogP contribution in [0.25, 0.3) is 0 Å². The molecule has 37 heavy (non-hydrogen) atoms. The van der Waals surface area contributed by atoms with Crippen molar-refractivity contribution in [3.63, 3.8) is 0 Å². The number of allylic oxidation sites excluding steroid dienone is 5. The van der Waals surface area contributed by atoms with Gasteiger partial charge in [0, 0.05) is 51.6 Å². The second kappa shape index (κ2) is 11.1. The van der Waals surface area contributed by atoms with E-state index in [0.29, 0.717) is 29.9 Å². The summed E-state index contributed by atoms with van der Waals surface area (Å²) in [6.07, 6.45) is 6.05. The fourth-order valence-electron chi connectivity index (χ4n) is 4.53. The van der Waals surface area contributed by atoms with Crippen LogP contribution in [-0.4, -0.2) is 56.0 Å². The number of anilines is 1. The zero-order valence-electron chi connectivity index (χ0n) is 21.3. The molecule has 194 valence electrons. The number of carbonyl (C=O) groups excluding carboxylic acids is 1. The Balaban J connectivity index is 0.00000400. The zero-order chi connectivity index (χ0) is 26.6. The molecular formula is C29H34N4O3S. The molecule has 0 radical (unpaired) electrons. The molecule has 1 amide bonds. The van der Waals surface area contributed by atoms with Gasteiger partial charge in [0.05, 0.1) is 5.71 Å². The molecule has 1 saturated heterocycles. The Morgan fingerprint density at radius 1 is 1.08 bits per heavy atom. The lowest BCUT2D eigenvalue weighted by atomic mass is 10.0. The van der Waals surface area contributed by atoms with Crippen LogP contribution in [0.2, 0.25) is 0 Å². The van der Waals surface area contributed by atoms with Crippen molar-refractivity contribution in [2.24, 2.45) is 4.99 Å². The van der Waals surface area contributed by atoms with E-state index < -0.39 is 10.0 Å². The summed E-state index contributed by atoms with van der Waals surface area (Å²) < 4.78 is 28.6. The quantitative estimate of drug-likeness (QED) is 0.569. The summed E-state index contributed by atoms with van der Waals surface area (Å²) in [5.41, 5.74) is 5.54.